The van der Waals surface area contributed by atoms with Crippen LogP contribution in [0.5, 0.6) is 0 Å². The molecule has 1 aromatic carbocycles. The smallest absolute Gasteiger partial charge is 0.322 e. The van der Waals surface area contributed by atoms with Gasteiger partial charge in [0.2, 0.25) is 10.0 Å². The fraction of sp³-hybridized carbons (Fsp3) is 0.143. The second-order valence-electron chi connectivity index (χ2n) is 5.28. The van der Waals surface area contributed by atoms with Gasteiger partial charge in [0.1, 0.15) is 6.04 Å². The van der Waals surface area contributed by atoms with Gasteiger partial charge in [0, 0.05) is 17.0 Å². The van der Waals surface area contributed by atoms with Crippen LogP contribution in [-0.4, -0.2) is 47.6 Å². The third-order valence-electron chi connectivity index (χ3n) is 3.31. The Morgan fingerprint density at radius 2 is 1.93 bits per heavy atom. The van der Waals surface area contributed by atoms with Crippen LogP contribution in [0.15, 0.2) is 34.3 Å². The number of sulfonamides is 1. The maximum Gasteiger partial charge on any atom is 0.322 e. The molecule has 0 unspecified atom stereocenters. The molecule has 11 nitrogen and oxygen atoms in total. The third-order valence-corrected chi connectivity index (χ3v) is 5.08. The van der Waals surface area contributed by atoms with Crippen molar-refractivity contribution in [2.24, 2.45) is 16.5 Å². The van der Waals surface area contributed by atoms with Gasteiger partial charge in [0.15, 0.2) is 11.8 Å². The number of nitrogens with zero attached hydrogens (tertiary/aromatic N) is 2. The predicted octanol–water partition coefficient (Wildman–Crippen LogP) is -0.000700. The molecule has 1 atom stereocenters. The molecule has 2 rings (SSSR count). The van der Waals surface area contributed by atoms with Gasteiger partial charge in [0.05, 0.1) is 16.3 Å². The number of nitrogens with one attached hydrogen (secondary N) is 1. The SMILES string of the molecule is NC(N)=Nc1ncc(Cl)c2ccc(S(=O)(=O)N[C@@H](CC(=O)O)C(=O)O)cc12. The summed E-state index contributed by atoms with van der Waals surface area (Å²) in [7, 11) is -4.38. The minimum Gasteiger partial charge on any atom is -0.481 e. The molecule has 2 aromatic rings. The summed E-state index contributed by atoms with van der Waals surface area (Å²) in [5.74, 6) is -3.42. The van der Waals surface area contributed by atoms with Gasteiger partial charge in [-0.3, -0.25) is 9.59 Å². The normalized spacial score (nSPS) is 12.5. The summed E-state index contributed by atoms with van der Waals surface area (Å²) < 4.78 is 26.8. The molecule has 0 radical (unpaired) electrons. The van der Waals surface area contributed by atoms with E-state index in [4.69, 9.17) is 33.3 Å². The summed E-state index contributed by atoms with van der Waals surface area (Å²) in [5, 5.41) is 18.6. The second-order valence-corrected chi connectivity index (χ2v) is 7.40. The Bertz CT molecular complexity index is 1050. The van der Waals surface area contributed by atoms with Crippen LogP contribution in [0.3, 0.4) is 0 Å². The summed E-state index contributed by atoms with van der Waals surface area (Å²) in [4.78, 5) is 29.2. The van der Waals surface area contributed by atoms with Crippen LogP contribution >= 0.6 is 11.6 Å². The first-order valence-corrected chi connectivity index (χ1v) is 9.02. The summed E-state index contributed by atoms with van der Waals surface area (Å²) in [5.41, 5.74) is 10.7. The molecule has 0 aliphatic carbocycles. The number of benzene rings is 1. The number of fused-ring (bicyclic) bond motifs is 1. The van der Waals surface area contributed by atoms with Crippen molar-refractivity contribution in [2.45, 2.75) is 17.4 Å². The number of hydrogen-bond donors (Lipinski definition) is 5. The highest BCUT2D eigenvalue weighted by molar-refractivity contribution is 7.89. The molecule has 0 amide bonds. The molecule has 1 heterocycles. The lowest BCUT2D eigenvalue weighted by Crippen LogP contribution is -2.42. The van der Waals surface area contributed by atoms with E-state index in [0.717, 1.165) is 6.07 Å². The molecular weight excluding hydrogens is 402 g/mol. The molecular formula is C14H14ClN5O6S. The molecule has 144 valence electrons. The fourth-order valence-electron chi connectivity index (χ4n) is 2.16. The number of carboxylic acids is 2. The van der Waals surface area contributed by atoms with Crippen LogP contribution in [0.2, 0.25) is 5.02 Å². The number of aliphatic imine (C=N–C) groups is 1. The monoisotopic (exact) mass is 415 g/mol. The van der Waals surface area contributed by atoms with Crippen LogP contribution in [0, 0.1) is 0 Å². The van der Waals surface area contributed by atoms with Crippen LogP contribution in [0.25, 0.3) is 10.8 Å². The van der Waals surface area contributed by atoms with Crippen molar-refractivity contribution in [1.29, 1.82) is 0 Å². The van der Waals surface area contributed by atoms with E-state index in [0.29, 0.717) is 5.39 Å². The van der Waals surface area contributed by atoms with E-state index in [9.17, 15) is 18.0 Å². The second kappa shape index (κ2) is 7.73. The zero-order chi connectivity index (χ0) is 20.4. The quantitative estimate of drug-likeness (QED) is 0.305. The molecule has 0 spiro atoms. The first kappa shape index (κ1) is 20.4. The highest BCUT2D eigenvalue weighted by Crippen LogP contribution is 2.31. The molecule has 0 saturated heterocycles. The molecule has 1 aromatic heterocycles. The van der Waals surface area contributed by atoms with Gasteiger partial charge in [-0.15, -0.1) is 0 Å². The van der Waals surface area contributed by atoms with Crippen molar-refractivity contribution in [3.63, 3.8) is 0 Å². The topological polar surface area (TPSA) is 198 Å². The zero-order valence-corrected chi connectivity index (χ0v) is 15.0. The van der Waals surface area contributed by atoms with Crippen LogP contribution < -0.4 is 16.2 Å². The van der Waals surface area contributed by atoms with E-state index in [1.165, 1.54) is 18.3 Å². The standard InChI is InChI=1S/C14H14ClN5O6S/c15-9-5-18-12(19-14(16)17)8-3-6(1-2-7(8)9)27(25,26)20-10(13(23)24)4-11(21)22/h1-3,5,10,20H,4H2,(H,21,22)(H,23,24)(H4,16,17,18,19)/t10-/m0/s1. The molecule has 13 heteroatoms. The number of halogens is 1. The van der Waals surface area contributed by atoms with Crippen molar-refractivity contribution in [3.05, 3.63) is 29.4 Å². The highest BCUT2D eigenvalue weighted by atomic mass is 35.5. The number of carbonyl (C=O) groups is 2. The van der Waals surface area contributed by atoms with Crippen molar-refractivity contribution < 1.29 is 28.2 Å². The maximum absolute atomic E-state index is 12.5. The van der Waals surface area contributed by atoms with Gasteiger partial charge >= 0.3 is 11.9 Å². The summed E-state index contributed by atoms with van der Waals surface area (Å²) in [6.45, 7) is 0. The zero-order valence-electron chi connectivity index (χ0n) is 13.5. The number of pyridine rings is 1. The molecule has 7 N–H and O–H groups in total. The fourth-order valence-corrected chi connectivity index (χ4v) is 3.59. The first-order valence-electron chi connectivity index (χ1n) is 7.16. The van der Waals surface area contributed by atoms with E-state index >= 15 is 0 Å². The van der Waals surface area contributed by atoms with Crippen LogP contribution in [-0.2, 0) is 19.6 Å². The summed E-state index contributed by atoms with van der Waals surface area (Å²) in [6, 6.07) is 1.85. The summed E-state index contributed by atoms with van der Waals surface area (Å²) >= 11 is 6.03. The molecule has 0 aliphatic heterocycles. The molecule has 0 bridgehead atoms. The number of carboxylic acid groups (broad SMARTS) is 2. The van der Waals surface area contributed by atoms with Gasteiger partial charge in [-0.1, -0.05) is 17.7 Å². The van der Waals surface area contributed by atoms with E-state index < -0.39 is 34.4 Å². The summed E-state index contributed by atoms with van der Waals surface area (Å²) in [6.07, 6.45) is 0.347. The maximum atomic E-state index is 12.5. The van der Waals surface area contributed by atoms with Crippen molar-refractivity contribution in [1.82, 2.24) is 9.71 Å². The Labute approximate surface area is 157 Å². The van der Waals surface area contributed by atoms with E-state index in [2.05, 4.69) is 9.98 Å². The third kappa shape index (κ3) is 4.81. The van der Waals surface area contributed by atoms with Crippen molar-refractivity contribution in [2.75, 3.05) is 0 Å². The highest BCUT2D eigenvalue weighted by Gasteiger charge is 2.28. The van der Waals surface area contributed by atoms with Gasteiger partial charge < -0.3 is 21.7 Å². The van der Waals surface area contributed by atoms with Gasteiger partial charge in [-0.25, -0.2) is 13.4 Å². The van der Waals surface area contributed by atoms with Gasteiger partial charge in [-0.2, -0.15) is 9.71 Å². The Morgan fingerprint density at radius 1 is 1.26 bits per heavy atom. The lowest BCUT2D eigenvalue weighted by atomic mass is 10.1. The average molecular weight is 416 g/mol. The van der Waals surface area contributed by atoms with E-state index in [1.54, 1.807) is 0 Å². The van der Waals surface area contributed by atoms with Crippen molar-refractivity contribution in [3.8, 4) is 0 Å². The lowest BCUT2D eigenvalue weighted by molar-refractivity contribution is -0.145. The first-order chi connectivity index (χ1) is 12.5. The Morgan fingerprint density at radius 3 is 2.48 bits per heavy atom. The number of aliphatic carboxylic acids is 2. The molecule has 27 heavy (non-hydrogen) atoms. The Balaban J connectivity index is 2.55. The molecule has 0 saturated carbocycles. The van der Waals surface area contributed by atoms with Crippen LogP contribution in [0.4, 0.5) is 5.82 Å². The predicted molar refractivity (Wildman–Crippen MR) is 96.2 cm³/mol. The molecule has 0 aliphatic rings. The number of hydrogen-bond acceptors (Lipinski definition) is 6. The van der Waals surface area contributed by atoms with E-state index in [1.807, 2.05) is 4.72 Å². The van der Waals surface area contributed by atoms with Crippen molar-refractivity contribution >= 4 is 56.1 Å². The Kier molecular flexibility index (Phi) is 5.83. The molecule has 0 fully saturated rings. The largest absolute Gasteiger partial charge is 0.481 e. The number of guanidine groups is 1. The Hall–Kier alpha value is -2.96. The van der Waals surface area contributed by atoms with Gasteiger partial charge in [0.25, 0.3) is 0 Å². The van der Waals surface area contributed by atoms with Gasteiger partial charge in [-0.05, 0) is 12.1 Å². The average Bonchev–Trinajstić information content (AvgIpc) is 2.55. The minimum atomic E-state index is -4.38. The van der Waals surface area contributed by atoms with E-state index in [-0.39, 0.29) is 27.1 Å². The van der Waals surface area contributed by atoms with Crippen LogP contribution in [0.1, 0.15) is 6.42 Å². The number of aromatic nitrogens is 1. The number of nitrogens with two attached hydrogens (primary N) is 2. The minimum absolute atomic E-state index is 0.00627. The lowest BCUT2D eigenvalue weighted by Gasteiger charge is -2.14. The number of rotatable bonds is 7.